The molecule has 41 heavy (non-hydrogen) atoms. The van der Waals surface area contributed by atoms with Crippen LogP contribution >= 0.6 is 12.4 Å². The van der Waals surface area contributed by atoms with E-state index in [9.17, 15) is 14.4 Å². The number of hydrogen-bond acceptors (Lipinski definition) is 7. The summed E-state index contributed by atoms with van der Waals surface area (Å²) in [6.07, 6.45) is 2.89. The molecule has 3 heterocycles. The standard InChI is InChI=1S/C29H42N8O3.ClH/c1-27(2,18-34-16-21-15-29(21,17-30)19-34)20-5-7-22(8-6-20)37-10-9-23(33-26(37)40)32-25(39)36-13-11-35(12-14-36)24(38)28(3,4)31;/h5-10,21H,11-19,30-31H2,1-4H3,(H,32,33,39,40);1H. The third-order valence-electron chi connectivity index (χ3n) is 8.77. The highest BCUT2D eigenvalue weighted by Gasteiger charge is 2.58. The van der Waals surface area contributed by atoms with Gasteiger partial charge in [-0.25, -0.2) is 9.59 Å². The van der Waals surface area contributed by atoms with Crippen LogP contribution < -0.4 is 22.5 Å². The van der Waals surface area contributed by atoms with Crippen molar-refractivity contribution in [2.45, 2.75) is 45.1 Å². The van der Waals surface area contributed by atoms with Crippen LogP contribution in [0.4, 0.5) is 10.6 Å². The maximum absolute atomic E-state index is 12.8. The molecule has 2 aliphatic heterocycles. The van der Waals surface area contributed by atoms with E-state index in [-0.39, 0.29) is 35.6 Å². The van der Waals surface area contributed by atoms with Gasteiger partial charge in [-0.1, -0.05) is 26.0 Å². The maximum atomic E-state index is 12.8. The highest BCUT2D eigenvalue weighted by Crippen LogP contribution is 2.57. The summed E-state index contributed by atoms with van der Waals surface area (Å²) < 4.78 is 1.46. The van der Waals surface area contributed by atoms with Crippen LogP contribution in [0.5, 0.6) is 0 Å². The summed E-state index contributed by atoms with van der Waals surface area (Å²) in [6.45, 7) is 13.4. The van der Waals surface area contributed by atoms with Gasteiger partial charge in [0.05, 0.1) is 11.2 Å². The number of amides is 3. The molecule has 1 aromatic carbocycles. The van der Waals surface area contributed by atoms with E-state index in [1.54, 1.807) is 35.9 Å². The quantitative estimate of drug-likeness (QED) is 0.447. The van der Waals surface area contributed by atoms with Gasteiger partial charge in [-0.05, 0) is 61.9 Å². The first-order valence-electron chi connectivity index (χ1n) is 14.1. The molecule has 2 saturated heterocycles. The SMILES string of the molecule is CC(C)(N)C(=O)N1CCN(C(=O)Nc2ccn(-c3ccc(C(C)(C)CN4CC5CC5(CN)C4)cc3)c(=O)n2)CC1.Cl. The lowest BCUT2D eigenvalue weighted by atomic mass is 9.84. The molecule has 1 aliphatic carbocycles. The zero-order valence-corrected chi connectivity index (χ0v) is 25.2. The topological polar surface area (TPSA) is 143 Å². The summed E-state index contributed by atoms with van der Waals surface area (Å²) in [5.74, 6) is 0.801. The zero-order chi connectivity index (χ0) is 28.9. The second-order valence-electron chi connectivity index (χ2n) is 13.0. The van der Waals surface area contributed by atoms with Crippen LogP contribution in [0.2, 0.25) is 0 Å². The van der Waals surface area contributed by atoms with Crippen molar-refractivity contribution < 1.29 is 9.59 Å². The lowest BCUT2D eigenvalue weighted by molar-refractivity contribution is -0.137. The molecule has 12 heteroatoms. The number of urea groups is 1. The number of carbonyl (C=O) groups is 2. The molecule has 3 amide bonds. The largest absolute Gasteiger partial charge is 0.354 e. The van der Waals surface area contributed by atoms with E-state index in [2.05, 4.69) is 41.2 Å². The number of benzene rings is 1. The van der Waals surface area contributed by atoms with Crippen molar-refractivity contribution in [2.24, 2.45) is 22.8 Å². The predicted octanol–water partition coefficient (Wildman–Crippen LogP) is 1.63. The van der Waals surface area contributed by atoms with E-state index < -0.39 is 11.2 Å². The molecular formula is C29H43ClN8O3. The summed E-state index contributed by atoms with van der Waals surface area (Å²) in [5, 5.41) is 2.70. The molecule has 2 atom stereocenters. The minimum Gasteiger partial charge on any atom is -0.338 e. The Labute approximate surface area is 247 Å². The van der Waals surface area contributed by atoms with E-state index in [4.69, 9.17) is 11.5 Å². The van der Waals surface area contributed by atoms with Crippen molar-refractivity contribution in [3.63, 3.8) is 0 Å². The Kier molecular flexibility index (Phi) is 8.57. The number of anilines is 1. The van der Waals surface area contributed by atoms with Crippen LogP contribution in [0.15, 0.2) is 41.3 Å². The van der Waals surface area contributed by atoms with Crippen LogP contribution in [0.3, 0.4) is 0 Å². The summed E-state index contributed by atoms with van der Waals surface area (Å²) >= 11 is 0. The molecule has 2 aromatic rings. The number of hydrogen-bond donors (Lipinski definition) is 3. The van der Waals surface area contributed by atoms with Crippen LogP contribution in [-0.4, -0.2) is 94.1 Å². The lowest BCUT2D eigenvalue weighted by Crippen LogP contribution is -2.58. The van der Waals surface area contributed by atoms with Gasteiger partial charge in [0.15, 0.2) is 0 Å². The van der Waals surface area contributed by atoms with E-state index >= 15 is 0 Å². The first kappa shape index (κ1) is 31.0. The molecule has 1 aromatic heterocycles. The average Bonchev–Trinajstić information content (AvgIpc) is 3.48. The normalized spacial score (nSPS) is 22.6. The van der Waals surface area contributed by atoms with E-state index in [0.29, 0.717) is 37.3 Å². The van der Waals surface area contributed by atoms with Crippen molar-refractivity contribution >= 4 is 30.2 Å². The fourth-order valence-corrected chi connectivity index (χ4v) is 6.24. The minimum atomic E-state index is -0.947. The van der Waals surface area contributed by atoms with Gasteiger partial charge in [-0.2, -0.15) is 4.98 Å². The molecule has 2 unspecified atom stereocenters. The maximum Gasteiger partial charge on any atom is 0.354 e. The van der Waals surface area contributed by atoms with Crippen molar-refractivity contribution in [2.75, 3.05) is 57.7 Å². The van der Waals surface area contributed by atoms with Gasteiger partial charge in [-0.3, -0.25) is 14.7 Å². The predicted molar refractivity (Wildman–Crippen MR) is 162 cm³/mol. The number of nitrogens with zero attached hydrogens (tertiary/aromatic N) is 5. The number of carbonyl (C=O) groups excluding carboxylic acids is 2. The van der Waals surface area contributed by atoms with E-state index in [1.165, 1.54) is 16.6 Å². The summed E-state index contributed by atoms with van der Waals surface area (Å²) in [4.78, 5) is 47.8. The molecule has 5 rings (SSSR count). The molecular weight excluding hydrogens is 544 g/mol. The molecule has 3 aliphatic rings. The third kappa shape index (κ3) is 6.43. The molecule has 0 spiro atoms. The number of nitrogens with one attached hydrogen (secondary N) is 1. The van der Waals surface area contributed by atoms with Gasteiger partial charge >= 0.3 is 11.7 Å². The Bertz CT molecular complexity index is 1330. The smallest absolute Gasteiger partial charge is 0.338 e. The monoisotopic (exact) mass is 586 g/mol. The molecule has 5 N–H and O–H groups in total. The van der Waals surface area contributed by atoms with E-state index in [1.807, 2.05) is 12.1 Å². The van der Waals surface area contributed by atoms with Gasteiger partial charge in [-0.15, -0.1) is 12.4 Å². The third-order valence-corrected chi connectivity index (χ3v) is 8.77. The second-order valence-corrected chi connectivity index (χ2v) is 13.0. The first-order valence-corrected chi connectivity index (χ1v) is 14.1. The number of aromatic nitrogens is 2. The molecule has 0 bridgehead atoms. The van der Waals surface area contributed by atoms with Gasteiger partial charge in [0, 0.05) is 57.4 Å². The fourth-order valence-electron chi connectivity index (χ4n) is 6.24. The number of nitrogens with two attached hydrogens (primary N) is 2. The number of rotatable bonds is 7. The minimum absolute atomic E-state index is 0. The van der Waals surface area contributed by atoms with Crippen molar-refractivity contribution in [3.05, 3.63) is 52.6 Å². The van der Waals surface area contributed by atoms with Crippen LogP contribution in [0.25, 0.3) is 5.69 Å². The molecule has 3 fully saturated rings. The first-order chi connectivity index (χ1) is 18.8. The van der Waals surface area contributed by atoms with Gasteiger partial charge < -0.3 is 26.2 Å². The Morgan fingerprint density at radius 1 is 1.05 bits per heavy atom. The fraction of sp³-hybridized carbons (Fsp3) is 0.586. The second kappa shape index (κ2) is 11.4. The highest BCUT2D eigenvalue weighted by atomic mass is 35.5. The number of piperidine rings is 1. The number of piperazine rings is 1. The van der Waals surface area contributed by atoms with Gasteiger partial charge in [0.25, 0.3) is 0 Å². The molecule has 1 saturated carbocycles. The number of halogens is 1. The van der Waals surface area contributed by atoms with Crippen molar-refractivity contribution in [1.82, 2.24) is 24.3 Å². The lowest BCUT2D eigenvalue weighted by Gasteiger charge is -2.37. The molecule has 224 valence electrons. The van der Waals surface area contributed by atoms with Crippen molar-refractivity contribution in [1.29, 1.82) is 0 Å². The Morgan fingerprint density at radius 2 is 1.68 bits per heavy atom. The number of likely N-dealkylation sites (tertiary alicyclic amines) is 1. The van der Waals surface area contributed by atoms with Crippen LogP contribution in [0, 0.1) is 11.3 Å². The Balaban J connectivity index is 0.00000387. The highest BCUT2D eigenvalue weighted by molar-refractivity contribution is 5.89. The molecule has 0 radical (unpaired) electrons. The Hall–Kier alpha value is -2.99. The average molecular weight is 587 g/mol. The summed E-state index contributed by atoms with van der Waals surface area (Å²) in [6, 6.07) is 9.27. The molecule has 11 nitrogen and oxygen atoms in total. The van der Waals surface area contributed by atoms with Crippen molar-refractivity contribution in [3.8, 4) is 5.69 Å². The summed E-state index contributed by atoms with van der Waals surface area (Å²) in [7, 11) is 0. The Morgan fingerprint density at radius 3 is 2.24 bits per heavy atom. The van der Waals surface area contributed by atoms with Gasteiger partial charge in [0.2, 0.25) is 5.91 Å². The van der Waals surface area contributed by atoms with E-state index in [0.717, 1.165) is 32.1 Å². The summed E-state index contributed by atoms with van der Waals surface area (Å²) in [5.41, 5.74) is 12.8. The van der Waals surface area contributed by atoms with Crippen LogP contribution in [-0.2, 0) is 10.2 Å². The zero-order valence-electron chi connectivity index (χ0n) is 24.4. The number of fused-ring (bicyclic) bond motifs is 1. The van der Waals surface area contributed by atoms with Crippen LogP contribution in [0.1, 0.15) is 39.7 Å². The van der Waals surface area contributed by atoms with Gasteiger partial charge in [0.1, 0.15) is 5.82 Å².